The van der Waals surface area contributed by atoms with E-state index in [4.69, 9.17) is 16.3 Å². The zero-order valence-electron chi connectivity index (χ0n) is 15.5. The van der Waals surface area contributed by atoms with Gasteiger partial charge in [0.1, 0.15) is 6.61 Å². The van der Waals surface area contributed by atoms with Gasteiger partial charge in [0.25, 0.3) is 5.91 Å². The summed E-state index contributed by atoms with van der Waals surface area (Å²) in [6.07, 6.45) is 0. The number of carbonyl (C=O) groups excluding carboxylic acids is 2. The molecule has 4 nitrogen and oxygen atoms in total. The number of nitrogens with zero attached hydrogens (tertiary/aromatic N) is 1. The van der Waals surface area contributed by atoms with Crippen LogP contribution < -0.4 is 0 Å². The monoisotopic (exact) mass is 393 g/mol. The van der Waals surface area contributed by atoms with Gasteiger partial charge >= 0.3 is 5.97 Å². The molecule has 0 aliphatic carbocycles. The molecule has 0 heterocycles. The van der Waals surface area contributed by atoms with Crippen LogP contribution in [-0.2, 0) is 17.9 Å². The molecule has 0 aromatic heterocycles. The van der Waals surface area contributed by atoms with Crippen LogP contribution in [0.15, 0.2) is 78.9 Å². The third-order valence-electron chi connectivity index (χ3n) is 4.25. The number of amides is 1. The van der Waals surface area contributed by atoms with E-state index < -0.39 is 5.97 Å². The number of carbonyl (C=O) groups is 2. The zero-order chi connectivity index (χ0) is 19.9. The minimum Gasteiger partial charge on any atom is -0.457 e. The van der Waals surface area contributed by atoms with Crippen LogP contribution in [0, 0.1) is 0 Å². The topological polar surface area (TPSA) is 46.6 Å². The van der Waals surface area contributed by atoms with E-state index in [2.05, 4.69) is 0 Å². The van der Waals surface area contributed by atoms with E-state index in [1.807, 2.05) is 36.4 Å². The van der Waals surface area contributed by atoms with Crippen LogP contribution in [0.25, 0.3) is 0 Å². The first kappa shape index (κ1) is 19.6. The maximum absolute atomic E-state index is 12.9. The van der Waals surface area contributed by atoms with Gasteiger partial charge in [0, 0.05) is 18.6 Å². The molecule has 0 aliphatic heterocycles. The Bertz CT molecular complexity index is 972. The van der Waals surface area contributed by atoms with Gasteiger partial charge in [-0.1, -0.05) is 66.2 Å². The number of hydrogen-bond donors (Lipinski definition) is 0. The molecular formula is C23H20ClNO3. The molecular weight excluding hydrogens is 374 g/mol. The molecule has 0 saturated heterocycles. The molecule has 3 aromatic rings. The summed E-state index contributed by atoms with van der Waals surface area (Å²) in [7, 11) is 1.71. The lowest BCUT2D eigenvalue weighted by Crippen LogP contribution is -2.28. The van der Waals surface area contributed by atoms with Gasteiger partial charge in [0.15, 0.2) is 0 Å². The maximum Gasteiger partial charge on any atom is 0.339 e. The van der Waals surface area contributed by atoms with Crippen molar-refractivity contribution in [1.29, 1.82) is 0 Å². The number of halogens is 1. The molecule has 0 aliphatic rings. The van der Waals surface area contributed by atoms with Crippen LogP contribution in [-0.4, -0.2) is 23.8 Å². The van der Waals surface area contributed by atoms with E-state index in [1.165, 1.54) is 0 Å². The lowest BCUT2D eigenvalue weighted by Gasteiger charge is -2.19. The van der Waals surface area contributed by atoms with Gasteiger partial charge < -0.3 is 9.64 Å². The van der Waals surface area contributed by atoms with E-state index in [0.29, 0.717) is 17.1 Å². The predicted octanol–water partition coefficient (Wildman–Crippen LogP) is 4.97. The summed E-state index contributed by atoms with van der Waals surface area (Å²) in [5.41, 5.74) is 2.36. The van der Waals surface area contributed by atoms with Crippen molar-refractivity contribution in [2.24, 2.45) is 0 Å². The van der Waals surface area contributed by atoms with E-state index in [0.717, 1.165) is 11.1 Å². The molecule has 0 bridgehead atoms. The molecule has 0 spiro atoms. The average molecular weight is 394 g/mol. The fourth-order valence-corrected chi connectivity index (χ4v) is 3.05. The second-order valence-electron chi connectivity index (χ2n) is 6.40. The quantitative estimate of drug-likeness (QED) is 0.555. The lowest BCUT2D eigenvalue weighted by molar-refractivity contribution is 0.0467. The molecule has 1 amide bonds. The first-order valence-electron chi connectivity index (χ1n) is 8.84. The SMILES string of the molecule is CN(Cc1ccccc1)C(=O)c1ccccc1C(=O)OCc1cccc(Cl)c1. The smallest absolute Gasteiger partial charge is 0.339 e. The summed E-state index contributed by atoms with van der Waals surface area (Å²) >= 11 is 5.95. The minimum absolute atomic E-state index is 0.0851. The Balaban J connectivity index is 1.72. The van der Waals surface area contributed by atoms with E-state index >= 15 is 0 Å². The summed E-state index contributed by atoms with van der Waals surface area (Å²) in [6.45, 7) is 0.535. The van der Waals surface area contributed by atoms with E-state index in [-0.39, 0.29) is 18.1 Å². The summed E-state index contributed by atoms with van der Waals surface area (Å²) in [6, 6.07) is 23.5. The number of rotatable bonds is 6. The van der Waals surface area contributed by atoms with Gasteiger partial charge in [0.2, 0.25) is 0 Å². The highest BCUT2D eigenvalue weighted by Crippen LogP contribution is 2.16. The van der Waals surface area contributed by atoms with Crippen LogP contribution in [0.4, 0.5) is 0 Å². The summed E-state index contributed by atoms with van der Waals surface area (Å²) in [5.74, 6) is -0.781. The van der Waals surface area contributed by atoms with Crippen LogP contribution in [0.3, 0.4) is 0 Å². The van der Waals surface area contributed by atoms with Gasteiger partial charge in [-0.15, -0.1) is 0 Å². The highest BCUT2D eigenvalue weighted by Gasteiger charge is 2.20. The fourth-order valence-electron chi connectivity index (χ4n) is 2.84. The molecule has 0 unspecified atom stereocenters. The third-order valence-corrected chi connectivity index (χ3v) is 4.48. The molecule has 0 atom stereocenters. The Morgan fingerprint density at radius 1 is 0.857 bits per heavy atom. The van der Waals surface area contributed by atoms with Crippen molar-refractivity contribution in [3.63, 3.8) is 0 Å². The van der Waals surface area contributed by atoms with Crippen molar-refractivity contribution in [2.45, 2.75) is 13.2 Å². The zero-order valence-corrected chi connectivity index (χ0v) is 16.2. The number of hydrogen-bond acceptors (Lipinski definition) is 3. The largest absolute Gasteiger partial charge is 0.457 e. The molecule has 3 rings (SSSR count). The van der Waals surface area contributed by atoms with Gasteiger partial charge in [-0.2, -0.15) is 0 Å². The Morgan fingerprint density at radius 3 is 2.21 bits per heavy atom. The average Bonchev–Trinajstić information content (AvgIpc) is 2.72. The molecule has 0 radical (unpaired) electrons. The van der Waals surface area contributed by atoms with Gasteiger partial charge in [-0.05, 0) is 35.4 Å². The summed E-state index contributed by atoms with van der Waals surface area (Å²) in [4.78, 5) is 27.1. The van der Waals surface area contributed by atoms with Crippen molar-refractivity contribution >= 4 is 23.5 Å². The van der Waals surface area contributed by atoms with Crippen molar-refractivity contribution in [3.8, 4) is 0 Å². The highest BCUT2D eigenvalue weighted by molar-refractivity contribution is 6.30. The van der Waals surface area contributed by atoms with E-state index in [1.54, 1.807) is 54.4 Å². The molecule has 28 heavy (non-hydrogen) atoms. The molecule has 142 valence electrons. The van der Waals surface area contributed by atoms with Gasteiger partial charge in [-0.25, -0.2) is 4.79 Å². The highest BCUT2D eigenvalue weighted by atomic mass is 35.5. The van der Waals surface area contributed by atoms with Gasteiger partial charge in [-0.3, -0.25) is 4.79 Å². The normalized spacial score (nSPS) is 10.4. The maximum atomic E-state index is 12.9. The molecule has 0 saturated carbocycles. The van der Waals surface area contributed by atoms with Crippen molar-refractivity contribution in [3.05, 3.63) is 106 Å². The van der Waals surface area contributed by atoms with E-state index in [9.17, 15) is 9.59 Å². The summed E-state index contributed by atoms with van der Waals surface area (Å²) < 4.78 is 5.39. The van der Waals surface area contributed by atoms with Crippen LogP contribution in [0.5, 0.6) is 0 Å². The van der Waals surface area contributed by atoms with Crippen LogP contribution >= 0.6 is 11.6 Å². The Morgan fingerprint density at radius 2 is 1.50 bits per heavy atom. The van der Waals surface area contributed by atoms with Crippen LogP contribution in [0.2, 0.25) is 5.02 Å². The molecule has 3 aromatic carbocycles. The molecule has 0 N–H and O–H groups in total. The second-order valence-corrected chi connectivity index (χ2v) is 6.83. The Labute approximate surface area is 169 Å². The second kappa shape index (κ2) is 9.20. The lowest BCUT2D eigenvalue weighted by atomic mass is 10.1. The number of ether oxygens (including phenoxy) is 1. The number of esters is 1. The first-order chi connectivity index (χ1) is 13.5. The van der Waals surface area contributed by atoms with Crippen molar-refractivity contribution in [2.75, 3.05) is 7.05 Å². The molecule has 0 fully saturated rings. The third kappa shape index (κ3) is 4.99. The Kier molecular flexibility index (Phi) is 6.45. The summed E-state index contributed by atoms with van der Waals surface area (Å²) in [5, 5.41) is 0.576. The molecule has 5 heteroatoms. The van der Waals surface area contributed by atoms with Crippen molar-refractivity contribution < 1.29 is 14.3 Å². The standard InChI is InChI=1S/C23H20ClNO3/c1-25(15-17-8-3-2-4-9-17)22(26)20-12-5-6-13-21(20)23(27)28-16-18-10-7-11-19(24)14-18/h2-14H,15-16H2,1H3. The Hall–Kier alpha value is -3.11. The van der Waals surface area contributed by atoms with Gasteiger partial charge in [0.05, 0.1) is 11.1 Å². The van der Waals surface area contributed by atoms with Crippen LogP contribution in [0.1, 0.15) is 31.8 Å². The first-order valence-corrected chi connectivity index (χ1v) is 9.22. The predicted molar refractivity (Wildman–Crippen MR) is 109 cm³/mol. The number of benzene rings is 3. The minimum atomic E-state index is -0.544. The fraction of sp³-hybridized carbons (Fsp3) is 0.130. The van der Waals surface area contributed by atoms with Crippen molar-refractivity contribution in [1.82, 2.24) is 4.90 Å².